The molecule has 1 amide bonds. The summed E-state index contributed by atoms with van der Waals surface area (Å²) in [6.45, 7) is -0.649. The minimum Gasteiger partial charge on any atom is -0.487 e. The van der Waals surface area contributed by atoms with Crippen molar-refractivity contribution in [3.8, 4) is 5.75 Å². The summed E-state index contributed by atoms with van der Waals surface area (Å²) in [6.07, 6.45) is -2.83. The number of hydrogen-bond acceptors (Lipinski definition) is 4. The number of rotatable bonds is 5. The molecule has 0 spiro atoms. The first-order valence-corrected chi connectivity index (χ1v) is 10.2. The largest absolute Gasteiger partial charge is 0.487 e. The molecule has 1 saturated heterocycles. The van der Waals surface area contributed by atoms with E-state index < -0.39 is 46.2 Å². The van der Waals surface area contributed by atoms with Crippen molar-refractivity contribution >= 4 is 32.6 Å². The highest BCUT2D eigenvalue weighted by Gasteiger charge is 2.38. The lowest BCUT2D eigenvalue weighted by Crippen LogP contribution is -2.30. The van der Waals surface area contributed by atoms with Crippen LogP contribution in [0, 0.1) is 5.82 Å². The molecule has 0 saturated carbocycles. The van der Waals surface area contributed by atoms with Gasteiger partial charge in [0.2, 0.25) is 0 Å². The van der Waals surface area contributed by atoms with Gasteiger partial charge in [-0.1, -0.05) is 42.5 Å². The van der Waals surface area contributed by atoms with Gasteiger partial charge in [0.1, 0.15) is 24.6 Å². The molecule has 0 aliphatic carbocycles. The van der Waals surface area contributed by atoms with E-state index >= 15 is 4.39 Å². The van der Waals surface area contributed by atoms with Crippen molar-refractivity contribution in [3.63, 3.8) is 0 Å². The van der Waals surface area contributed by atoms with Gasteiger partial charge in [-0.3, -0.25) is 4.79 Å². The molecule has 156 valence electrons. The smallest absolute Gasteiger partial charge is 0.326 e. The van der Waals surface area contributed by atoms with Crippen molar-refractivity contribution < 1.29 is 31.1 Å². The monoisotopic (exact) mass is 436 g/mol. The molecule has 0 bridgehead atoms. The molecule has 30 heavy (non-hydrogen) atoms. The quantitative estimate of drug-likeness (QED) is 0.662. The lowest BCUT2D eigenvalue weighted by Gasteiger charge is -2.21. The second-order valence-corrected chi connectivity index (χ2v) is 8.22. The number of carbonyl (C=O) groups excluding carboxylic acids is 1. The Morgan fingerprint density at radius 2 is 1.83 bits per heavy atom. The first-order chi connectivity index (χ1) is 14.3. The third kappa shape index (κ3) is 3.65. The summed E-state index contributed by atoms with van der Waals surface area (Å²) in [7, 11) is -4.35. The first-order valence-electron chi connectivity index (χ1n) is 8.80. The first kappa shape index (κ1) is 20.0. The average molecular weight is 436 g/mol. The van der Waals surface area contributed by atoms with E-state index in [-0.39, 0.29) is 23.1 Å². The SMILES string of the molecule is O=C1CN(c2c(OCc3ccccc3)cc3ccc(C(F)F)cc3c2F)S(=O)(=O)N1. The van der Waals surface area contributed by atoms with E-state index in [4.69, 9.17) is 4.74 Å². The third-order valence-corrected chi connectivity index (χ3v) is 5.98. The number of fused-ring (bicyclic) bond motifs is 1. The third-order valence-electron chi connectivity index (χ3n) is 4.60. The van der Waals surface area contributed by atoms with E-state index in [9.17, 15) is 22.0 Å². The zero-order valence-corrected chi connectivity index (χ0v) is 16.1. The van der Waals surface area contributed by atoms with Gasteiger partial charge < -0.3 is 4.74 Å². The van der Waals surface area contributed by atoms with E-state index in [0.717, 1.165) is 17.7 Å². The Kier molecular flexibility index (Phi) is 5.02. The molecule has 1 fully saturated rings. The molecule has 0 atom stereocenters. The fourth-order valence-corrected chi connectivity index (χ4v) is 4.35. The Bertz CT molecular complexity index is 1230. The summed E-state index contributed by atoms with van der Waals surface area (Å²) in [4.78, 5) is 11.7. The number of nitrogens with one attached hydrogen (secondary N) is 1. The van der Waals surface area contributed by atoms with E-state index in [0.29, 0.717) is 4.31 Å². The fraction of sp³-hybridized carbons (Fsp3) is 0.150. The second kappa shape index (κ2) is 7.52. The number of ether oxygens (including phenoxy) is 1. The molecule has 4 rings (SSSR count). The predicted octanol–water partition coefficient (Wildman–Crippen LogP) is 3.68. The highest BCUT2D eigenvalue weighted by molar-refractivity contribution is 7.92. The Hall–Kier alpha value is -3.27. The predicted molar refractivity (Wildman–Crippen MR) is 104 cm³/mol. The molecule has 6 nitrogen and oxygen atoms in total. The molecule has 1 heterocycles. The van der Waals surface area contributed by atoms with E-state index in [2.05, 4.69) is 0 Å². The highest BCUT2D eigenvalue weighted by atomic mass is 32.2. The topological polar surface area (TPSA) is 75.7 Å². The van der Waals surface area contributed by atoms with Crippen molar-refractivity contribution in [1.29, 1.82) is 0 Å². The Balaban J connectivity index is 1.87. The number of benzene rings is 3. The summed E-state index contributed by atoms with van der Waals surface area (Å²) < 4.78 is 74.2. The van der Waals surface area contributed by atoms with Gasteiger partial charge in [-0.05, 0) is 23.1 Å². The normalized spacial score (nSPS) is 15.6. The van der Waals surface area contributed by atoms with Gasteiger partial charge in [0, 0.05) is 10.9 Å². The molecule has 0 radical (unpaired) electrons. The number of anilines is 1. The van der Waals surface area contributed by atoms with Crippen molar-refractivity contribution in [1.82, 2.24) is 4.72 Å². The second-order valence-electron chi connectivity index (χ2n) is 6.63. The van der Waals surface area contributed by atoms with Crippen LogP contribution in [-0.2, 0) is 21.6 Å². The van der Waals surface area contributed by atoms with E-state index in [1.54, 1.807) is 35.1 Å². The van der Waals surface area contributed by atoms with Gasteiger partial charge >= 0.3 is 10.2 Å². The summed E-state index contributed by atoms with van der Waals surface area (Å²) in [5.41, 5.74) is -0.178. The molecule has 0 unspecified atom stereocenters. The van der Waals surface area contributed by atoms with Gasteiger partial charge in [0.25, 0.3) is 12.3 Å². The molecule has 1 N–H and O–H groups in total. The maximum absolute atomic E-state index is 15.5. The van der Waals surface area contributed by atoms with Crippen molar-refractivity contribution in [2.75, 3.05) is 10.8 Å². The molecule has 0 aromatic heterocycles. The number of halogens is 3. The Morgan fingerprint density at radius 3 is 2.47 bits per heavy atom. The molecule has 1 aliphatic heterocycles. The average Bonchev–Trinajstić information content (AvgIpc) is 2.98. The van der Waals surface area contributed by atoms with Crippen LogP contribution in [-0.4, -0.2) is 20.9 Å². The van der Waals surface area contributed by atoms with Gasteiger partial charge in [-0.25, -0.2) is 22.2 Å². The Labute approximate surface area is 170 Å². The summed E-state index contributed by atoms with van der Waals surface area (Å²) >= 11 is 0. The lowest BCUT2D eigenvalue weighted by atomic mass is 10.0. The molecule has 3 aromatic carbocycles. The van der Waals surface area contributed by atoms with Crippen molar-refractivity contribution in [2.45, 2.75) is 13.0 Å². The zero-order valence-electron chi connectivity index (χ0n) is 15.3. The molecule has 1 aliphatic rings. The van der Waals surface area contributed by atoms with Crippen LogP contribution >= 0.6 is 0 Å². The molecule has 10 heteroatoms. The van der Waals surface area contributed by atoms with E-state index in [1.165, 1.54) is 12.1 Å². The maximum Gasteiger partial charge on any atom is 0.326 e. The summed E-state index contributed by atoms with van der Waals surface area (Å²) in [5, 5.41) is 0.0454. The van der Waals surface area contributed by atoms with Gasteiger partial charge in [-0.15, -0.1) is 0 Å². The van der Waals surface area contributed by atoms with Gasteiger partial charge in [0.15, 0.2) is 5.82 Å². The number of nitrogens with zero attached hydrogens (tertiary/aromatic N) is 1. The van der Waals surface area contributed by atoms with Crippen LogP contribution < -0.4 is 13.8 Å². The van der Waals surface area contributed by atoms with Crippen LogP contribution in [0.15, 0.2) is 54.6 Å². The highest BCUT2D eigenvalue weighted by Crippen LogP contribution is 2.40. The fourth-order valence-electron chi connectivity index (χ4n) is 3.19. The summed E-state index contributed by atoms with van der Waals surface area (Å²) in [5.74, 6) is -2.04. The van der Waals surface area contributed by atoms with Gasteiger partial charge in [-0.2, -0.15) is 8.42 Å². The molecule has 3 aromatic rings. The van der Waals surface area contributed by atoms with Crippen molar-refractivity contribution in [2.24, 2.45) is 0 Å². The minimum absolute atomic E-state index is 0.00314. The van der Waals surface area contributed by atoms with Crippen LogP contribution in [0.2, 0.25) is 0 Å². The van der Waals surface area contributed by atoms with E-state index in [1.807, 2.05) is 0 Å². The van der Waals surface area contributed by atoms with Gasteiger partial charge in [0.05, 0.1) is 0 Å². The molecular formula is C20H15F3N2O4S. The summed E-state index contributed by atoms with van der Waals surface area (Å²) in [6, 6.07) is 13.7. The van der Waals surface area contributed by atoms with Crippen LogP contribution in [0.3, 0.4) is 0 Å². The maximum atomic E-state index is 15.5. The standard InChI is InChI=1S/C20H15F3N2O4S/c21-18-15-8-14(20(22)23)7-6-13(15)9-16(29-11-12-4-2-1-3-5-12)19(18)25-10-17(26)24-30(25,27)28/h1-9,20H,10-11H2,(H,24,26). The van der Waals surface area contributed by atoms with Crippen molar-refractivity contribution in [3.05, 3.63) is 71.5 Å². The lowest BCUT2D eigenvalue weighted by molar-refractivity contribution is -0.117. The van der Waals surface area contributed by atoms with Crippen LogP contribution in [0.25, 0.3) is 10.8 Å². The number of carbonyl (C=O) groups is 1. The minimum atomic E-state index is -4.35. The van der Waals surface area contributed by atoms with Crippen LogP contribution in [0.1, 0.15) is 17.6 Å². The zero-order chi connectivity index (χ0) is 21.5. The number of hydrogen-bond donors (Lipinski definition) is 1. The molecular weight excluding hydrogens is 421 g/mol. The number of alkyl halides is 2. The van der Waals surface area contributed by atoms with Crippen LogP contribution in [0.4, 0.5) is 18.9 Å². The number of amides is 1. The van der Waals surface area contributed by atoms with Crippen LogP contribution in [0.5, 0.6) is 5.75 Å². The Morgan fingerprint density at radius 1 is 1.10 bits per heavy atom.